The summed E-state index contributed by atoms with van der Waals surface area (Å²) in [5, 5.41) is 4.06. The molecular weight excluding hydrogens is 388 g/mol. The lowest BCUT2D eigenvalue weighted by Gasteiger charge is -1.98. The van der Waals surface area contributed by atoms with Crippen molar-refractivity contribution in [3.05, 3.63) is 23.2 Å². The van der Waals surface area contributed by atoms with Crippen LogP contribution in [0.4, 0.5) is 26.3 Å². The summed E-state index contributed by atoms with van der Waals surface area (Å²) in [6.07, 6.45) is -8.56. The van der Waals surface area contributed by atoms with Crippen molar-refractivity contribution >= 4 is 21.2 Å². The Morgan fingerprint density at radius 1 is 1.21 bits per heavy atom. The number of allylic oxidation sites excluding steroid dienone is 1. The average molecular weight is 393 g/mol. The second kappa shape index (κ2) is 6.51. The molecule has 0 fully saturated rings. The number of thiazole rings is 1. The lowest BCUT2D eigenvalue weighted by atomic mass is 10.4. The van der Waals surface area contributed by atoms with Gasteiger partial charge in [-0.05, 0) is 0 Å². The van der Waals surface area contributed by atoms with Crippen LogP contribution in [0.1, 0.15) is 12.3 Å². The molecule has 14 heteroatoms. The summed E-state index contributed by atoms with van der Waals surface area (Å²) in [6, 6.07) is 0. The first-order chi connectivity index (χ1) is 11.0. The normalized spacial score (nSPS) is 12.4. The van der Waals surface area contributed by atoms with Crippen LogP contribution in [-0.4, -0.2) is 29.3 Å². The molecule has 0 spiro atoms. The van der Waals surface area contributed by atoms with Crippen molar-refractivity contribution in [3.8, 4) is 11.5 Å². The van der Waals surface area contributed by atoms with Crippen LogP contribution in [-0.2, 0) is 16.0 Å². The Balaban J connectivity index is 2.21. The number of aromatic nitrogens is 3. The molecule has 0 bridgehead atoms. The van der Waals surface area contributed by atoms with Gasteiger partial charge in [-0.3, -0.25) is 0 Å². The van der Waals surface area contributed by atoms with Crippen molar-refractivity contribution in [1.82, 2.24) is 15.1 Å². The fourth-order valence-corrected chi connectivity index (χ4v) is 3.71. The van der Waals surface area contributed by atoms with Crippen molar-refractivity contribution in [2.45, 2.75) is 16.9 Å². The number of sulfone groups is 1. The second-order valence-corrected chi connectivity index (χ2v) is 7.29. The van der Waals surface area contributed by atoms with Crippen LogP contribution in [0.15, 0.2) is 26.2 Å². The van der Waals surface area contributed by atoms with Crippen molar-refractivity contribution in [2.24, 2.45) is 0 Å². The van der Waals surface area contributed by atoms with E-state index >= 15 is 0 Å². The lowest BCUT2D eigenvalue weighted by Crippen LogP contribution is -2.07. The molecule has 24 heavy (non-hydrogen) atoms. The Hall–Kier alpha value is -1.96. The van der Waals surface area contributed by atoms with Crippen molar-refractivity contribution < 1.29 is 39.3 Å². The molecule has 0 aliphatic heterocycles. The van der Waals surface area contributed by atoms with Crippen molar-refractivity contribution in [1.29, 1.82) is 0 Å². The number of hydrogen-bond donors (Lipinski definition) is 0. The van der Waals surface area contributed by atoms with Crippen LogP contribution < -0.4 is 0 Å². The molecule has 0 aliphatic carbocycles. The van der Waals surface area contributed by atoms with E-state index in [1.807, 2.05) is 0 Å². The summed E-state index contributed by atoms with van der Waals surface area (Å²) in [6.45, 7) is 0. The summed E-state index contributed by atoms with van der Waals surface area (Å²) in [7, 11) is -4.21. The molecule has 6 nitrogen and oxygen atoms in total. The van der Waals surface area contributed by atoms with E-state index in [1.165, 1.54) is 0 Å². The monoisotopic (exact) mass is 393 g/mol. The number of rotatable bonds is 5. The van der Waals surface area contributed by atoms with Crippen molar-refractivity contribution in [2.75, 3.05) is 5.75 Å². The molecule has 0 unspecified atom stereocenters. The third-order valence-electron chi connectivity index (χ3n) is 2.44. The zero-order valence-corrected chi connectivity index (χ0v) is 12.8. The van der Waals surface area contributed by atoms with E-state index in [0.717, 1.165) is 5.38 Å². The number of hydrogen-bond acceptors (Lipinski definition) is 7. The highest BCUT2D eigenvalue weighted by Gasteiger charge is 2.38. The lowest BCUT2D eigenvalue weighted by molar-refractivity contribution is -0.159. The van der Waals surface area contributed by atoms with E-state index in [4.69, 9.17) is 0 Å². The molecule has 0 aromatic carbocycles. The third kappa shape index (κ3) is 4.11. The van der Waals surface area contributed by atoms with Crippen molar-refractivity contribution in [3.63, 3.8) is 0 Å². The third-order valence-corrected chi connectivity index (χ3v) is 5.49. The minimum absolute atomic E-state index is 0.314. The van der Waals surface area contributed by atoms with E-state index in [0.29, 0.717) is 11.3 Å². The number of nitrogens with zero attached hydrogens (tertiary/aromatic N) is 3. The molecular formula is C10H5F6N3O3S2. The average Bonchev–Trinajstić information content (AvgIpc) is 3.12. The highest BCUT2D eigenvalue weighted by Crippen LogP contribution is 2.30. The van der Waals surface area contributed by atoms with Gasteiger partial charge in [0.15, 0.2) is 5.83 Å². The maximum Gasteiger partial charge on any atom is 0.471 e. The zero-order chi connectivity index (χ0) is 18.1. The molecule has 2 aromatic heterocycles. The molecule has 2 heterocycles. The molecule has 0 saturated carbocycles. The highest BCUT2D eigenvalue weighted by molar-refractivity contribution is 7.93. The molecule has 0 N–H and O–H groups in total. The Labute approximate surface area is 133 Å². The van der Waals surface area contributed by atoms with Gasteiger partial charge in [0.2, 0.25) is 20.0 Å². The van der Waals surface area contributed by atoms with Gasteiger partial charge in [0, 0.05) is 11.8 Å². The van der Waals surface area contributed by atoms with E-state index in [2.05, 4.69) is 19.6 Å². The minimum Gasteiger partial charge on any atom is -0.329 e. The molecule has 132 valence electrons. The summed E-state index contributed by atoms with van der Waals surface area (Å²) in [4.78, 5) is 6.55. The molecule has 0 atom stereocenters. The van der Waals surface area contributed by atoms with Crippen LogP contribution in [0.5, 0.6) is 0 Å². The Bertz CT molecular complexity index is 867. The smallest absolute Gasteiger partial charge is 0.329 e. The van der Waals surface area contributed by atoms with E-state index in [9.17, 15) is 34.8 Å². The van der Waals surface area contributed by atoms with E-state index < -0.39 is 56.1 Å². The maximum atomic E-state index is 12.7. The predicted molar refractivity (Wildman–Crippen MR) is 67.4 cm³/mol. The standard InChI is InChI=1S/C10H5F6N3O3S2/c11-4(6(12)13)1-2-24(20,21)9-17-5(3-23-9)7-18-8(22-19-7)10(14,15)16/h3H,1-2H2. The van der Waals surface area contributed by atoms with Gasteiger partial charge < -0.3 is 4.52 Å². The second-order valence-electron chi connectivity index (χ2n) is 4.15. The summed E-state index contributed by atoms with van der Waals surface area (Å²) < 4.78 is 101. The van der Waals surface area contributed by atoms with Gasteiger partial charge in [0.05, 0.1) is 5.75 Å². The fraction of sp³-hybridized carbons (Fsp3) is 0.300. The molecule has 0 saturated heterocycles. The van der Waals surface area contributed by atoms with Crippen LogP contribution in [0.25, 0.3) is 11.5 Å². The van der Waals surface area contributed by atoms with Crippen LogP contribution in [0.3, 0.4) is 0 Å². The quantitative estimate of drug-likeness (QED) is 0.724. The van der Waals surface area contributed by atoms with Gasteiger partial charge in [-0.25, -0.2) is 17.8 Å². The van der Waals surface area contributed by atoms with Gasteiger partial charge in [-0.2, -0.15) is 26.9 Å². The summed E-state index contributed by atoms with van der Waals surface area (Å²) >= 11 is 0.500. The van der Waals surface area contributed by atoms with Gasteiger partial charge in [-0.1, -0.05) is 5.16 Å². The first-order valence-corrected chi connectivity index (χ1v) is 8.33. The number of halogens is 6. The van der Waals surface area contributed by atoms with Gasteiger partial charge in [0.1, 0.15) is 5.69 Å². The summed E-state index contributed by atoms with van der Waals surface area (Å²) in [5.41, 5.74) is -0.314. The van der Waals surface area contributed by atoms with Gasteiger partial charge >= 0.3 is 18.1 Å². The minimum atomic E-state index is -4.88. The van der Waals surface area contributed by atoms with Crippen LogP contribution in [0, 0.1) is 0 Å². The molecule has 0 amide bonds. The van der Waals surface area contributed by atoms with E-state index in [1.54, 1.807) is 0 Å². The first kappa shape index (κ1) is 18.4. The van der Waals surface area contributed by atoms with E-state index in [-0.39, 0.29) is 5.69 Å². The summed E-state index contributed by atoms with van der Waals surface area (Å²) in [5.74, 6) is -5.09. The van der Waals surface area contributed by atoms with Gasteiger partial charge in [-0.15, -0.1) is 11.3 Å². The Kier molecular flexibility index (Phi) is 4.98. The SMILES string of the molecule is O=S(=O)(CCC(F)=C(F)F)c1nc(-c2noc(C(F)(F)F)n2)cs1. The highest BCUT2D eigenvalue weighted by atomic mass is 32.2. The predicted octanol–water partition coefficient (Wildman–Crippen LogP) is 3.45. The largest absolute Gasteiger partial charge is 0.471 e. The van der Waals surface area contributed by atoms with Crippen LogP contribution >= 0.6 is 11.3 Å². The van der Waals surface area contributed by atoms with Gasteiger partial charge in [0.25, 0.3) is 0 Å². The van der Waals surface area contributed by atoms with Crippen LogP contribution in [0.2, 0.25) is 0 Å². The zero-order valence-electron chi connectivity index (χ0n) is 11.1. The topological polar surface area (TPSA) is 86.0 Å². The Morgan fingerprint density at radius 3 is 2.42 bits per heavy atom. The molecule has 0 radical (unpaired) electrons. The first-order valence-electron chi connectivity index (χ1n) is 5.80. The molecule has 0 aliphatic rings. The molecule has 2 aromatic rings. The fourth-order valence-electron chi connectivity index (χ4n) is 1.35. The Morgan fingerprint density at radius 2 is 1.88 bits per heavy atom. The maximum absolute atomic E-state index is 12.7. The molecule has 2 rings (SSSR count). The number of alkyl halides is 3.